The number of halogens is 4. The van der Waals surface area contributed by atoms with Crippen LogP contribution in [0.4, 0.5) is 13.2 Å². The van der Waals surface area contributed by atoms with E-state index in [9.17, 15) is 13.2 Å². The third-order valence-electron chi connectivity index (χ3n) is 4.95. The largest absolute Gasteiger partial charge is 0.573 e. The molecule has 1 aliphatic rings. The normalized spacial score (nSPS) is 16.7. The maximum Gasteiger partial charge on any atom is 0.573 e. The number of fused-ring (bicyclic) bond motifs is 1. The van der Waals surface area contributed by atoms with Crippen molar-refractivity contribution in [2.75, 3.05) is 26.2 Å². The van der Waals surface area contributed by atoms with Gasteiger partial charge < -0.3 is 10.1 Å². The number of rotatable bonds is 4. The summed E-state index contributed by atoms with van der Waals surface area (Å²) in [5.41, 5.74) is 2.46. The molecule has 152 valence electrons. The van der Waals surface area contributed by atoms with Gasteiger partial charge >= 0.3 is 6.36 Å². The first-order chi connectivity index (χ1) is 13.9. The molecule has 3 aromatic rings. The third-order valence-corrected chi connectivity index (χ3v) is 5.25. The highest BCUT2D eigenvalue weighted by molar-refractivity contribution is 6.30. The first-order valence-electron chi connectivity index (χ1n) is 9.26. The SMILES string of the molecule is FC(F)(F)Oc1ccc([C@H](c2cc3ccccc3nc2Cl)N2CCNCC2)cc1. The van der Waals surface area contributed by atoms with Crippen LogP contribution in [0.25, 0.3) is 10.9 Å². The summed E-state index contributed by atoms with van der Waals surface area (Å²) < 4.78 is 41.5. The third kappa shape index (κ3) is 4.63. The summed E-state index contributed by atoms with van der Waals surface area (Å²) in [4.78, 5) is 6.79. The fourth-order valence-corrected chi connectivity index (χ4v) is 3.93. The van der Waals surface area contributed by atoms with Crippen LogP contribution in [0.1, 0.15) is 17.2 Å². The average Bonchev–Trinajstić information content (AvgIpc) is 2.69. The second-order valence-corrected chi connectivity index (χ2v) is 7.22. The van der Waals surface area contributed by atoms with Gasteiger partial charge in [0.1, 0.15) is 10.9 Å². The summed E-state index contributed by atoms with van der Waals surface area (Å²) in [5, 5.41) is 4.67. The Balaban J connectivity index is 1.75. The molecule has 0 aliphatic carbocycles. The summed E-state index contributed by atoms with van der Waals surface area (Å²) in [6.07, 6.45) is -4.72. The van der Waals surface area contributed by atoms with Gasteiger partial charge in [-0.05, 0) is 29.8 Å². The Kier molecular flexibility index (Phi) is 5.63. The zero-order valence-electron chi connectivity index (χ0n) is 15.4. The molecular weight excluding hydrogens is 403 g/mol. The zero-order valence-corrected chi connectivity index (χ0v) is 16.2. The average molecular weight is 422 g/mol. The fraction of sp³-hybridized carbons (Fsp3) is 0.286. The topological polar surface area (TPSA) is 37.4 Å². The van der Waals surface area contributed by atoms with Gasteiger partial charge in [0.25, 0.3) is 0 Å². The van der Waals surface area contributed by atoms with Gasteiger partial charge in [-0.25, -0.2) is 4.98 Å². The van der Waals surface area contributed by atoms with E-state index in [2.05, 4.69) is 19.9 Å². The fourth-order valence-electron chi connectivity index (χ4n) is 3.68. The van der Waals surface area contributed by atoms with Crippen molar-refractivity contribution in [3.8, 4) is 5.75 Å². The lowest BCUT2D eigenvalue weighted by Crippen LogP contribution is -2.45. The predicted octanol–water partition coefficient (Wildman–Crippen LogP) is 4.78. The van der Waals surface area contributed by atoms with E-state index >= 15 is 0 Å². The van der Waals surface area contributed by atoms with E-state index in [1.165, 1.54) is 12.1 Å². The number of para-hydroxylation sites is 1. The van der Waals surface area contributed by atoms with Crippen LogP contribution in [0.5, 0.6) is 5.75 Å². The molecule has 1 aromatic heterocycles. The molecule has 0 radical (unpaired) electrons. The Bertz CT molecular complexity index is 989. The number of hydrogen-bond donors (Lipinski definition) is 1. The molecule has 1 aliphatic heterocycles. The van der Waals surface area contributed by atoms with Gasteiger partial charge in [0.15, 0.2) is 0 Å². The highest BCUT2D eigenvalue weighted by Gasteiger charge is 2.31. The molecule has 2 heterocycles. The second kappa shape index (κ2) is 8.18. The minimum Gasteiger partial charge on any atom is -0.406 e. The maximum atomic E-state index is 12.5. The van der Waals surface area contributed by atoms with E-state index in [4.69, 9.17) is 11.6 Å². The van der Waals surface area contributed by atoms with Gasteiger partial charge in [-0.2, -0.15) is 0 Å². The van der Waals surface area contributed by atoms with Gasteiger partial charge in [-0.15, -0.1) is 13.2 Å². The Morgan fingerprint density at radius 2 is 1.72 bits per heavy atom. The molecule has 8 heteroatoms. The van der Waals surface area contributed by atoms with Gasteiger partial charge in [0.2, 0.25) is 0 Å². The van der Waals surface area contributed by atoms with Crippen LogP contribution in [0.3, 0.4) is 0 Å². The molecule has 0 unspecified atom stereocenters. The molecule has 1 saturated heterocycles. The van der Waals surface area contributed by atoms with Crippen molar-refractivity contribution in [1.82, 2.24) is 15.2 Å². The standard InChI is InChI=1S/C21H19ClF3N3O/c22-20-17(13-15-3-1-2-4-18(15)27-20)19(28-11-9-26-10-12-28)14-5-7-16(8-6-14)29-21(23,24)25/h1-8,13,19,26H,9-12H2/t19-/m1/s1. The van der Waals surface area contributed by atoms with Crippen molar-refractivity contribution in [2.24, 2.45) is 0 Å². The summed E-state index contributed by atoms with van der Waals surface area (Å²) in [7, 11) is 0. The van der Waals surface area contributed by atoms with Gasteiger partial charge in [0.05, 0.1) is 11.6 Å². The summed E-state index contributed by atoms with van der Waals surface area (Å²) in [5.74, 6) is -0.247. The van der Waals surface area contributed by atoms with Crippen LogP contribution in [-0.2, 0) is 0 Å². The van der Waals surface area contributed by atoms with E-state index in [0.717, 1.165) is 48.2 Å². The molecule has 0 spiro atoms. The minimum atomic E-state index is -4.72. The van der Waals surface area contributed by atoms with Crippen molar-refractivity contribution in [1.29, 1.82) is 0 Å². The molecule has 0 bridgehead atoms. The lowest BCUT2D eigenvalue weighted by Gasteiger charge is -2.36. The van der Waals surface area contributed by atoms with Crippen LogP contribution in [0, 0.1) is 0 Å². The smallest absolute Gasteiger partial charge is 0.406 e. The van der Waals surface area contributed by atoms with Crippen molar-refractivity contribution < 1.29 is 17.9 Å². The Labute approximate surface area is 171 Å². The molecule has 4 nitrogen and oxygen atoms in total. The summed E-state index contributed by atoms with van der Waals surface area (Å²) in [6, 6.07) is 15.5. The number of benzene rings is 2. The lowest BCUT2D eigenvalue weighted by atomic mass is 9.96. The van der Waals surface area contributed by atoms with Crippen molar-refractivity contribution in [3.05, 3.63) is 70.9 Å². The number of nitrogens with zero attached hydrogens (tertiary/aromatic N) is 2. The highest BCUT2D eigenvalue weighted by Crippen LogP contribution is 2.35. The van der Waals surface area contributed by atoms with Crippen molar-refractivity contribution in [2.45, 2.75) is 12.4 Å². The summed E-state index contributed by atoms with van der Waals surface area (Å²) in [6.45, 7) is 3.22. The molecular formula is C21H19ClF3N3O. The van der Waals surface area contributed by atoms with Crippen LogP contribution in [0.2, 0.25) is 5.15 Å². The van der Waals surface area contributed by atoms with E-state index < -0.39 is 6.36 Å². The minimum absolute atomic E-state index is 0.221. The Hall–Kier alpha value is -2.35. The summed E-state index contributed by atoms with van der Waals surface area (Å²) >= 11 is 6.56. The molecule has 1 atom stereocenters. The molecule has 0 amide bonds. The van der Waals surface area contributed by atoms with Crippen molar-refractivity contribution in [3.63, 3.8) is 0 Å². The number of nitrogens with one attached hydrogen (secondary N) is 1. The van der Waals surface area contributed by atoms with Gasteiger partial charge in [-0.1, -0.05) is 41.9 Å². The molecule has 0 saturated carbocycles. The number of ether oxygens (including phenoxy) is 1. The quantitative estimate of drug-likeness (QED) is 0.615. The number of aromatic nitrogens is 1. The first kappa shape index (κ1) is 19.9. The van der Waals surface area contributed by atoms with E-state index in [1.807, 2.05) is 30.3 Å². The lowest BCUT2D eigenvalue weighted by molar-refractivity contribution is -0.274. The molecule has 2 aromatic carbocycles. The van der Waals surface area contributed by atoms with E-state index in [0.29, 0.717) is 5.15 Å². The van der Waals surface area contributed by atoms with Gasteiger partial charge in [-0.3, -0.25) is 4.90 Å². The number of hydrogen-bond acceptors (Lipinski definition) is 4. The number of pyridine rings is 1. The molecule has 4 rings (SSSR count). The van der Waals surface area contributed by atoms with Gasteiger partial charge in [0, 0.05) is 37.1 Å². The van der Waals surface area contributed by atoms with E-state index in [-0.39, 0.29) is 11.8 Å². The Morgan fingerprint density at radius 1 is 1.03 bits per heavy atom. The van der Waals surface area contributed by atoms with Crippen LogP contribution in [-0.4, -0.2) is 42.4 Å². The predicted molar refractivity (Wildman–Crippen MR) is 106 cm³/mol. The Morgan fingerprint density at radius 3 is 2.41 bits per heavy atom. The monoisotopic (exact) mass is 421 g/mol. The first-order valence-corrected chi connectivity index (χ1v) is 9.64. The molecule has 1 fully saturated rings. The number of piperazine rings is 1. The van der Waals surface area contributed by atoms with Crippen LogP contribution in [0.15, 0.2) is 54.6 Å². The molecule has 1 N–H and O–H groups in total. The molecule has 29 heavy (non-hydrogen) atoms. The zero-order chi connectivity index (χ0) is 20.4. The highest BCUT2D eigenvalue weighted by atomic mass is 35.5. The van der Waals surface area contributed by atoms with Crippen molar-refractivity contribution >= 4 is 22.5 Å². The maximum absolute atomic E-state index is 12.5. The van der Waals surface area contributed by atoms with Crippen LogP contribution >= 0.6 is 11.6 Å². The van der Waals surface area contributed by atoms with E-state index in [1.54, 1.807) is 12.1 Å². The number of alkyl halides is 3. The second-order valence-electron chi connectivity index (χ2n) is 6.87. The van der Waals surface area contributed by atoms with Crippen LogP contribution < -0.4 is 10.1 Å².